The number of hydrogen-bond acceptors (Lipinski definition) is 4. The van der Waals surface area contributed by atoms with Crippen molar-refractivity contribution in [2.45, 2.75) is 19.3 Å². The van der Waals surface area contributed by atoms with Crippen molar-refractivity contribution in [1.29, 1.82) is 0 Å². The summed E-state index contributed by atoms with van der Waals surface area (Å²) in [4.78, 5) is 12.4. The average molecular weight is 337 g/mol. The van der Waals surface area contributed by atoms with Crippen LogP contribution < -0.4 is 5.32 Å². The monoisotopic (exact) mass is 337 g/mol. The lowest BCUT2D eigenvalue weighted by Crippen LogP contribution is -2.16. The van der Waals surface area contributed by atoms with Gasteiger partial charge in [-0.15, -0.1) is 0 Å². The smallest absolute Gasteiger partial charge is 0.260 e. The third kappa shape index (κ3) is 2.71. The second-order valence-electron chi connectivity index (χ2n) is 6.09. The normalized spacial score (nSPS) is 18.1. The maximum absolute atomic E-state index is 12.4. The highest BCUT2D eigenvalue weighted by atomic mass is 16.7. The number of carbonyl (C=O) groups is 1. The number of fused-ring (bicyclic) bond motifs is 2. The van der Waals surface area contributed by atoms with Crippen molar-refractivity contribution in [1.82, 2.24) is 0 Å². The Kier molecular flexibility index (Phi) is 4.03. The molecule has 0 fully saturated rings. The van der Waals surface area contributed by atoms with Crippen LogP contribution in [0.5, 0.6) is 0 Å². The van der Waals surface area contributed by atoms with Crippen LogP contribution in [0.15, 0.2) is 42.5 Å². The first-order valence-corrected chi connectivity index (χ1v) is 8.17. The van der Waals surface area contributed by atoms with Gasteiger partial charge in [-0.05, 0) is 11.6 Å². The van der Waals surface area contributed by atoms with Crippen molar-refractivity contribution in [3.8, 4) is 0 Å². The van der Waals surface area contributed by atoms with Crippen LogP contribution in [0.2, 0.25) is 0 Å². The molecule has 0 aromatic heterocycles. The molecular formula is C20H19NO4. The topological polar surface area (TPSA) is 56.8 Å². The number of carbonyl (C=O) groups excluding carboxylic acids is 1. The molecule has 2 aliphatic rings. The van der Waals surface area contributed by atoms with Gasteiger partial charge in [-0.3, -0.25) is 4.79 Å². The first-order valence-electron chi connectivity index (χ1n) is 8.17. The van der Waals surface area contributed by atoms with Crippen molar-refractivity contribution < 1.29 is 19.0 Å². The molecule has 0 saturated heterocycles. The number of methoxy groups -OCH3 is 2. The SMILES string of the molecule is COC(Cc1ccc2c(c1)COC2=C1C(=O)Nc2ccccc21)OC. The third-order valence-electron chi connectivity index (χ3n) is 4.61. The molecule has 0 aliphatic carbocycles. The predicted molar refractivity (Wildman–Crippen MR) is 94.6 cm³/mol. The van der Waals surface area contributed by atoms with Crippen molar-refractivity contribution in [3.63, 3.8) is 0 Å². The van der Waals surface area contributed by atoms with Gasteiger partial charge < -0.3 is 19.5 Å². The van der Waals surface area contributed by atoms with Crippen molar-refractivity contribution in [3.05, 3.63) is 64.7 Å². The van der Waals surface area contributed by atoms with E-state index in [0.717, 1.165) is 27.9 Å². The van der Waals surface area contributed by atoms with Gasteiger partial charge in [0, 0.05) is 43.0 Å². The van der Waals surface area contributed by atoms with Crippen molar-refractivity contribution in [2.24, 2.45) is 0 Å². The van der Waals surface area contributed by atoms with Gasteiger partial charge in [0.15, 0.2) is 6.29 Å². The molecule has 5 nitrogen and oxygen atoms in total. The fraction of sp³-hybridized carbons (Fsp3) is 0.250. The lowest BCUT2D eigenvalue weighted by atomic mass is 9.98. The zero-order chi connectivity index (χ0) is 17.4. The van der Waals surface area contributed by atoms with E-state index in [4.69, 9.17) is 14.2 Å². The maximum atomic E-state index is 12.4. The predicted octanol–water partition coefficient (Wildman–Crippen LogP) is 3.20. The minimum atomic E-state index is -0.273. The van der Waals surface area contributed by atoms with Crippen LogP contribution in [-0.2, 0) is 32.0 Å². The summed E-state index contributed by atoms with van der Waals surface area (Å²) < 4.78 is 16.4. The summed E-state index contributed by atoms with van der Waals surface area (Å²) >= 11 is 0. The minimum Gasteiger partial charge on any atom is -0.487 e. The summed E-state index contributed by atoms with van der Waals surface area (Å²) in [5, 5.41) is 2.90. The van der Waals surface area contributed by atoms with Gasteiger partial charge in [-0.2, -0.15) is 0 Å². The maximum Gasteiger partial charge on any atom is 0.260 e. The van der Waals surface area contributed by atoms with Crippen LogP contribution in [-0.4, -0.2) is 26.4 Å². The first kappa shape index (κ1) is 15.9. The van der Waals surface area contributed by atoms with E-state index >= 15 is 0 Å². The van der Waals surface area contributed by atoms with E-state index in [2.05, 4.69) is 11.4 Å². The Hall–Kier alpha value is -2.63. The molecule has 25 heavy (non-hydrogen) atoms. The van der Waals surface area contributed by atoms with Crippen molar-refractivity contribution in [2.75, 3.05) is 19.5 Å². The Labute approximate surface area is 146 Å². The van der Waals surface area contributed by atoms with Gasteiger partial charge in [-0.1, -0.05) is 36.4 Å². The van der Waals surface area contributed by atoms with Gasteiger partial charge in [-0.25, -0.2) is 0 Å². The number of rotatable bonds is 4. The summed E-state index contributed by atoms with van der Waals surface area (Å²) in [6.45, 7) is 0.460. The lowest BCUT2D eigenvalue weighted by molar-refractivity contribution is -0.110. The molecule has 0 radical (unpaired) electrons. The summed E-state index contributed by atoms with van der Waals surface area (Å²) in [7, 11) is 3.26. The van der Waals surface area contributed by atoms with Gasteiger partial charge in [0.05, 0.1) is 5.57 Å². The third-order valence-corrected chi connectivity index (χ3v) is 4.61. The van der Waals surface area contributed by atoms with E-state index in [1.165, 1.54) is 0 Å². The zero-order valence-electron chi connectivity index (χ0n) is 14.2. The highest BCUT2D eigenvalue weighted by molar-refractivity contribution is 6.36. The number of benzene rings is 2. The van der Waals surface area contributed by atoms with Crippen LogP contribution in [0.3, 0.4) is 0 Å². The molecule has 0 spiro atoms. The molecule has 2 aliphatic heterocycles. The fourth-order valence-electron chi connectivity index (χ4n) is 3.35. The summed E-state index contributed by atoms with van der Waals surface area (Å²) in [6.07, 6.45) is 0.390. The van der Waals surface area contributed by atoms with Crippen molar-refractivity contribution >= 4 is 22.9 Å². The summed E-state index contributed by atoms with van der Waals surface area (Å²) in [5.74, 6) is 0.533. The molecule has 2 heterocycles. The Morgan fingerprint density at radius 2 is 1.92 bits per heavy atom. The molecule has 0 bridgehead atoms. The lowest BCUT2D eigenvalue weighted by Gasteiger charge is -2.13. The molecular weight excluding hydrogens is 318 g/mol. The zero-order valence-corrected chi connectivity index (χ0v) is 14.2. The molecule has 0 unspecified atom stereocenters. The van der Waals surface area contributed by atoms with Gasteiger partial charge in [0.25, 0.3) is 5.91 Å². The highest BCUT2D eigenvalue weighted by Crippen LogP contribution is 2.41. The quantitative estimate of drug-likeness (QED) is 0.688. The van der Waals surface area contributed by atoms with Gasteiger partial charge in [0.2, 0.25) is 0 Å². The largest absolute Gasteiger partial charge is 0.487 e. The van der Waals surface area contributed by atoms with Crippen LogP contribution in [0.1, 0.15) is 22.3 Å². The standard InChI is InChI=1S/C20H19NO4/c1-23-17(24-2)10-12-7-8-14-13(9-12)11-25-19(14)18-15-5-3-4-6-16(15)21-20(18)22/h3-9,17H,10-11H2,1-2H3,(H,21,22). The summed E-state index contributed by atoms with van der Waals surface area (Å²) in [5.41, 5.74) is 5.47. The van der Waals surface area contributed by atoms with Gasteiger partial charge in [0.1, 0.15) is 12.4 Å². The molecule has 2 aromatic carbocycles. The Morgan fingerprint density at radius 1 is 1.12 bits per heavy atom. The Balaban J connectivity index is 1.72. The number of nitrogens with one attached hydrogen (secondary N) is 1. The summed E-state index contributed by atoms with van der Waals surface area (Å²) in [6, 6.07) is 13.8. The van der Waals surface area contributed by atoms with E-state index in [0.29, 0.717) is 24.4 Å². The number of para-hydroxylation sites is 1. The van der Waals surface area contributed by atoms with Crippen LogP contribution in [0.4, 0.5) is 5.69 Å². The number of anilines is 1. The molecule has 2 aromatic rings. The molecule has 1 N–H and O–H groups in total. The molecule has 0 saturated carbocycles. The minimum absolute atomic E-state index is 0.119. The molecule has 5 heteroatoms. The number of hydrogen-bond donors (Lipinski definition) is 1. The van der Waals surface area contributed by atoms with E-state index in [1.807, 2.05) is 36.4 Å². The second kappa shape index (κ2) is 6.35. The Morgan fingerprint density at radius 3 is 2.72 bits per heavy atom. The van der Waals surface area contributed by atoms with E-state index in [9.17, 15) is 4.79 Å². The first-order chi connectivity index (χ1) is 12.2. The molecule has 128 valence electrons. The van der Waals surface area contributed by atoms with E-state index in [-0.39, 0.29) is 12.2 Å². The van der Waals surface area contributed by atoms with E-state index < -0.39 is 0 Å². The second-order valence-corrected chi connectivity index (χ2v) is 6.09. The number of ether oxygens (including phenoxy) is 3. The average Bonchev–Trinajstić information content (AvgIpc) is 3.18. The number of amides is 1. The van der Waals surface area contributed by atoms with E-state index in [1.54, 1.807) is 14.2 Å². The highest BCUT2D eigenvalue weighted by Gasteiger charge is 2.32. The van der Waals surface area contributed by atoms with Crippen LogP contribution in [0.25, 0.3) is 11.3 Å². The van der Waals surface area contributed by atoms with Crippen LogP contribution in [0, 0.1) is 0 Å². The molecule has 0 atom stereocenters. The Bertz CT molecular complexity index is 868. The van der Waals surface area contributed by atoms with Gasteiger partial charge >= 0.3 is 0 Å². The molecule has 4 rings (SSSR count). The van der Waals surface area contributed by atoms with Crippen LogP contribution >= 0.6 is 0 Å². The molecule has 1 amide bonds. The fourth-order valence-corrected chi connectivity index (χ4v) is 3.35.